The van der Waals surface area contributed by atoms with Crippen LogP contribution in [0.2, 0.25) is 0 Å². The third kappa shape index (κ3) is 7.47. The number of rotatable bonds is 12. The van der Waals surface area contributed by atoms with Gasteiger partial charge in [0.2, 0.25) is 23.6 Å². The monoisotopic (exact) mass is 455 g/mol. The first-order valence-corrected chi connectivity index (χ1v) is 11.1. The van der Waals surface area contributed by atoms with E-state index in [9.17, 15) is 29.1 Å². The molecule has 0 radical (unpaired) electrons. The maximum Gasteiger partial charge on any atom is 0.326 e. The number of nitrogens with two attached hydrogens (primary N) is 2. The van der Waals surface area contributed by atoms with E-state index in [1.807, 2.05) is 13.8 Å². The van der Waals surface area contributed by atoms with Crippen molar-refractivity contribution < 1.29 is 29.1 Å². The second-order valence-electron chi connectivity index (χ2n) is 8.74. The second kappa shape index (κ2) is 12.4. The molecular weight excluding hydrogens is 418 g/mol. The van der Waals surface area contributed by atoms with E-state index in [-0.39, 0.29) is 30.6 Å². The highest BCUT2D eigenvalue weighted by Crippen LogP contribution is 2.21. The van der Waals surface area contributed by atoms with Crippen molar-refractivity contribution >= 4 is 29.6 Å². The molecule has 1 saturated heterocycles. The van der Waals surface area contributed by atoms with E-state index in [4.69, 9.17) is 11.5 Å². The van der Waals surface area contributed by atoms with Crippen molar-refractivity contribution in [3.8, 4) is 0 Å². The number of hydrogen-bond acceptors (Lipinski definition) is 6. The number of aliphatic carboxylic acids is 1. The molecule has 1 fully saturated rings. The van der Waals surface area contributed by atoms with Crippen LogP contribution in [0, 0.1) is 11.8 Å². The van der Waals surface area contributed by atoms with Gasteiger partial charge in [0.15, 0.2) is 0 Å². The summed E-state index contributed by atoms with van der Waals surface area (Å²) in [4.78, 5) is 62.4. The maximum atomic E-state index is 13.0. The van der Waals surface area contributed by atoms with Crippen LogP contribution >= 0.6 is 0 Å². The molecule has 0 spiro atoms. The van der Waals surface area contributed by atoms with Gasteiger partial charge in [-0.1, -0.05) is 34.1 Å². The average molecular weight is 456 g/mol. The van der Waals surface area contributed by atoms with E-state index in [0.717, 1.165) is 6.42 Å². The Morgan fingerprint density at radius 3 is 2.25 bits per heavy atom. The molecule has 0 aliphatic carbocycles. The number of likely N-dealkylation sites (tertiary alicyclic amines) is 1. The quantitative estimate of drug-likeness (QED) is 0.258. The van der Waals surface area contributed by atoms with E-state index in [1.165, 1.54) is 4.90 Å². The second-order valence-corrected chi connectivity index (χ2v) is 8.74. The summed E-state index contributed by atoms with van der Waals surface area (Å²) in [6.07, 6.45) is 1.46. The molecule has 4 amide bonds. The van der Waals surface area contributed by atoms with Gasteiger partial charge in [-0.25, -0.2) is 4.79 Å². The highest BCUT2D eigenvalue weighted by atomic mass is 16.4. The molecule has 32 heavy (non-hydrogen) atoms. The third-order valence-corrected chi connectivity index (χ3v) is 5.92. The number of carboxylic acids is 1. The van der Waals surface area contributed by atoms with Crippen LogP contribution in [0.1, 0.15) is 59.8 Å². The lowest BCUT2D eigenvalue weighted by Crippen LogP contribution is -2.58. The van der Waals surface area contributed by atoms with E-state index >= 15 is 0 Å². The normalized spacial score (nSPS) is 19.7. The molecule has 1 rings (SSSR count). The number of carbonyl (C=O) groups excluding carboxylic acids is 4. The minimum atomic E-state index is -1.31. The highest BCUT2D eigenvalue weighted by Gasteiger charge is 2.39. The first-order valence-electron chi connectivity index (χ1n) is 11.1. The van der Waals surface area contributed by atoms with Gasteiger partial charge in [-0.05, 0) is 31.1 Å². The van der Waals surface area contributed by atoms with Crippen LogP contribution in [-0.4, -0.2) is 70.3 Å². The Hall–Kier alpha value is -2.69. The molecule has 1 heterocycles. The standard InChI is InChI=1S/C21H37N5O6/c1-5-12(4)16(23)20(30)26-10-6-7-14(26)18(28)25-17(11(2)3)19(29)24-13(21(31)32)8-9-15(22)27/h11-14,16-17H,5-10,23H2,1-4H3,(H2,22,27)(H,24,29)(H,25,28)(H,31,32). The molecule has 0 bridgehead atoms. The van der Waals surface area contributed by atoms with Crippen molar-refractivity contribution in [3.05, 3.63) is 0 Å². The molecule has 1 aliphatic heterocycles. The molecule has 0 saturated carbocycles. The fraction of sp³-hybridized carbons (Fsp3) is 0.762. The van der Waals surface area contributed by atoms with Crippen molar-refractivity contribution in [1.82, 2.24) is 15.5 Å². The maximum absolute atomic E-state index is 13.0. The molecular formula is C21H37N5O6. The minimum Gasteiger partial charge on any atom is -0.480 e. The molecule has 0 aromatic heterocycles. The van der Waals surface area contributed by atoms with E-state index < -0.39 is 47.9 Å². The van der Waals surface area contributed by atoms with Gasteiger partial charge in [0.25, 0.3) is 0 Å². The van der Waals surface area contributed by atoms with Crippen LogP contribution in [0.5, 0.6) is 0 Å². The summed E-state index contributed by atoms with van der Waals surface area (Å²) < 4.78 is 0. The molecule has 1 aliphatic rings. The Kier molecular flexibility index (Phi) is 10.6. The zero-order chi connectivity index (χ0) is 24.6. The Morgan fingerprint density at radius 1 is 1.12 bits per heavy atom. The molecule has 0 aromatic carbocycles. The summed E-state index contributed by atoms with van der Waals surface area (Å²) >= 11 is 0. The number of carboxylic acid groups (broad SMARTS) is 1. The largest absolute Gasteiger partial charge is 0.480 e. The summed E-state index contributed by atoms with van der Waals surface area (Å²) in [5.74, 6) is -3.82. The van der Waals surface area contributed by atoms with Crippen molar-refractivity contribution in [3.63, 3.8) is 0 Å². The fourth-order valence-electron chi connectivity index (χ4n) is 3.58. The Labute approximate surface area is 188 Å². The lowest BCUT2D eigenvalue weighted by molar-refractivity contribution is -0.144. The van der Waals surface area contributed by atoms with E-state index in [0.29, 0.717) is 19.4 Å². The van der Waals surface area contributed by atoms with E-state index in [2.05, 4.69) is 10.6 Å². The third-order valence-electron chi connectivity index (χ3n) is 5.92. The van der Waals surface area contributed by atoms with Gasteiger partial charge >= 0.3 is 5.97 Å². The Bertz CT molecular complexity index is 713. The smallest absolute Gasteiger partial charge is 0.326 e. The summed E-state index contributed by atoms with van der Waals surface area (Å²) in [5.41, 5.74) is 11.1. The number of carbonyl (C=O) groups is 5. The van der Waals surface area contributed by atoms with Gasteiger partial charge in [0.05, 0.1) is 6.04 Å². The summed E-state index contributed by atoms with van der Waals surface area (Å²) in [6.45, 7) is 7.64. The van der Waals surface area contributed by atoms with Gasteiger partial charge in [0.1, 0.15) is 18.1 Å². The van der Waals surface area contributed by atoms with Crippen LogP contribution in [0.15, 0.2) is 0 Å². The highest BCUT2D eigenvalue weighted by molar-refractivity contribution is 5.94. The lowest BCUT2D eigenvalue weighted by Gasteiger charge is -2.31. The predicted octanol–water partition coefficient (Wildman–Crippen LogP) is -0.673. The van der Waals surface area contributed by atoms with Crippen LogP contribution < -0.4 is 22.1 Å². The molecule has 182 valence electrons. The molecule has 5 atom stereocenters. The van der Waals surface area contributed by atoms with Crippen molar-refractivity contribution in [2.24, 2.45) is 23.3 Å². The van der Waals surface area contributed by atoms with Crippen molar-refractivity contribution in [2.45, 2.75) is 84.0 Å². The average Bonchev–Trinajstić information content (AvgIpc) is 3.22. The number of nitrogens with zero attached hydrogens (tertiary/aromatic N) is 1. The van der Waals surface area contributed by atoms with Crippen molar-refractivity contribution in [2.75, 3.05) is 6.54 Å². The van der Waals surface area contributed by atoms with Gasteiger partial charge in [-0.2, -0.15) is 0 Å². The first kappa shape index (κ1) is 27.3. The van der Waals surface area contributed by atoms with E-state index in [1.54, 1.807) is 13.8 Å². The number of primary amides is 1. The summed E-state index contributed by atoms with van der Waals surface area (Å²) in [6, 6.07) is -3.78. The molecule has 11 heteroatoms. The van der Waals surface area contributed by atoms with Crippen LogP contribution in [0.4, 0.5) is 0 Å². The van der Waals surface area contributed by atoms with Gasteiger partial charge in [-0.15, -0.1) is 0 Å². The molecule has 0 aromatic rings. The Morgan fingerprint density at radius 2 is 1.75 bits per heavy atom. The van der Waals surface area contributed by atoms with Crippen LogP contribution in [0.25, 0.3) is 0 Å². The van der Waals surface area contributed by atoms with Gasteiger partial charge < -0.3 is 32.1 Å². The van der Waals surface area contributed by atoms with Crippen LogP contribution in [0.3, 0.4) is 0 Å². The summed E-state index contributed by atoms with van der Waals surface area (Å²) in [7, 11) is 0. The SMILES string of the molecule is CCC(C)C(N)C(=O)N1CCCC1C(=O)NC(C(=O)NC(CCC(N)=O)C(=O)O)C(C)C. The number of amides is 4. The van der Waals surface area contributed by atoms with Gasteiger partial charge in [-0.3, -0.25) is 19.2 Å². The Balaban J connectivity index is 2.88. The zero-order valence-electron chi connectivity index (χ0n) is 19.3. The molecule has 5 unspecified atom stereocenters. The first-order chi connectivity index (χ1) is 14.9. The number of hydrogen-bond donors (Lipinski definition) is 5. The van der Waals surface area contributed by atoms with Crippen molar-refractivity contribution in [1.29, 1.82) is 0 Å². The lowest BCUT2D eigenvalue weighted by atomic mass is 9.98. The fourth-order valence-corrected chi connectivity index (χ4v) is 3.58. The number of nitrogens with one attached hydrogen (secondary N) is 2. The summed E-state index contributed by atoms with van der Waals surface area (Å²) in [5, 5.41) is 14.3. The topological polar surface area (TPSA) is 185 Å². The minimum absolute atomic E-state index is 0.0330. The molecule has 11 nitrogen and oxygen atoms in total. The molecule has 7 N–H and O–H groups in total. The van der Waals surface area contributed by atoms with Crippen LogP contribution in [-0.2, 0) is 24.0 Å². The zero-order valence-corrected chi connectivity index (χ0v) is 19.3. The van der Waals surface area contributed by atoms with Gasteiger partial charge in [0, 0.05) is 13.0 Å². The predicted molar refractivity (Wildman–Crippen MR) is 117 cm³/mol.